The zero-order valence-electron chi connectivity index (χ0n) is 14.2. The molecule has 1 fully saturated rings. The van der Waals surface area contributed by atoms with Crippen molar-refractivity contribution < 1.29 is 8.42 Å². The van der Waals surface area contributed by atoms with Crippen LogP contribution < -0.4 is 5.32 Å². The normalized spacial score (nSPS) is 24.4. The predicted molar refractivity (Wildman–Crippen MR) is 89.8 cm³/mol. The highest BCUT2D eigenvalue weighted by molar-refractivity contribution is 7.91. The largest absolute Gasteiger partial charge is 0.312 e. The third-order valence-corrected chi connectivity index (χ3v) is 6.23. The van der Waals surface area contributed by atoms with Crippen LogP contribution in [-0.4, -0.2) is 42.3 Å². The van der Waals surface area contributed by atoms with Gasteiger partial charge in [-0.3, -0.25) is 4.68 Å². The molecule has 2 rings (SSSR count). The van der Waals surface area contributed by atoms with E-state index >= 15 is 0 Å². The Morgan fingerprint density at radius 1 is 1.36 bits per heavy atom. The lowest BCUT2D eigenvalue weighted by molar-refractivity contribution is 0.334. The molecule has 3 atom stereocenters. The number of nitrogens with zero attached hydrogens (tertiary/aromatic N) is 2. The number of aromatic nitrogens is 2. The fourth-order valence-corrected chi connectivity index (χ4v) is 4.84. The van der Waals surface area contributed by atoms with Gasteiger partial charge in [-0.25, -0.2) is 8.42 Å². The Hall–Kier alpha value is -0.880. The summed E-state index contributed by atoms with van der Waals surface area (Å²) in [6.07, 6.45) is 5.27. The third-order valence-electron chi connectivity index (χ3n) is 4.57. The molecule has 1 heterocycles. The molecule has 126 valence electrons. The Kier molecular flexibility index (Phi) is 5.66. The summed E-state index contributed by atoms with van der Waals surface area (Å²) in [6, 6.07) is 2.19. The third kappa shape index (κ3) is 4.56. The van der Waals surface area contributed by atoms with Crippen LogP contribution in [0.3, 0.4) is 0 Å². The maximum Gasteiger partial charge on any atom is 0.151 e. The molecule has 0 spiro atoms. The molecule has 1 saturated carbocycles. The average molecular weight is 327 g/mol. The quantitative estimate of drug-likeness (QED) is 0.869. The van der Waals surface area contributed by atoms with Crippen molar-refractivity contribution >= 4 is 9.84 Å². The fourth-order valence-electron chi connectivity index (χ4n) is 3.41. The number of hydrogen-bond donors (Lipinski definition) is 1. The minimum atomic E-state index is -2.97. The molecule has 0 saturated heterocycles. The number of aryl methyl sites for hydroxylation is 2. The van der Waals surface area contributed by atoms with E-state index in [0.29, 0.717) is 5.92 Å². The average Bonchev–Trinajstić information content (AvgIpc) is 2.74. The Morgan fingerprint density at radius 3 is 2.64 bits per heavy atom. The lowest BCUT2D eigenvalue weighted by Gasteiger charge is -2.32. The zero-order valence-corrected chi connectivity index (χ0v) is 15.0. The second kappa shape index (κ2) is 7.13. The van der Waals surface area contributed by atoms with E-state index in [1.807, 2.05) is 11.6 Å². The first kappa shape index (κ1) is 17.5. The van der Waals surface area contributed by atoms with Crippen molar-refractivity contribution in [3.05, 3.63) is 17.5 Å². The van der Waals surface area contributed by atoms with Gasteiger partial charge in [-0.05, 0) is 45.2 Å². The maximum absolute atomic E-state index is 11.9. The molecule has 22 heavy (non-hydrogen) atoms. The van der Waals surface area contributed by atoms with E-state index in [0.717, 1.165) is 44.5 Å². The molecule has 1 aliphatic rings. The van der Waals surface area contributed by atoms with Crippen molar-refractivity contribution in [1.82, 2.24) is 15.1 Å². The van der Waals surface area contributed by atoms with E-state index in [4.69, 9.17) is 0 Å². The molecule has 1 N–H and O–H groups in total. The van der Waals surface area contributed by atoms with Crippen molar-refractivity contribution in [2.75, 3.05) is 12.8 Å². The minimum absolute atomic E-state index is 0.103. The molecular weight excluding hydrogens is 298 g/mol. The first-order chi connectivity index (χ1) is 10.3. The summed E-state index contributed by atoms with van der Waals surface area (Å²) in [7, 11) is -2.97. The van der Waals surface area contributed by atoms with Crippen LogP contribution in [0.25, 0.3) is 0 Å². The van der Waals surface area contributed by atoms with E-state index < -0.39 is 9.84 Å². The molecule has 0 aromatic carbocycles. The summed E-state index contributed by atoms with van der Waals surface area (Å²) in [6.45, 7) is 7.95. The Morgan fingerprint density at radius 2 is 2.05 bits per heavy atom. The first-order valence-electron chi connectivity index (χ1n) is 8.20. The maximum atomic E-state index is 11.9. The lowest BCUT2D eigenvalue weighted by Crippen LogP contribution is -2.47. The van der Waals surface area contributed by atoms with Crippen LogP contribution in [0.1, 0.15) is 44.0 Å². The fraction of sp³-hybridized carbons (Fsp3) is 0.812. The monoisotopic (exact) mass is 327 g/mol. The van der Waals surface area contributed by atoms with Gasteiger partial charge in [0.05, 0.1) is 10.9 Å². The van der Waals surface area contributed by atoms with Crippen LogP contribution in [0.15, 0.2) is 6.07 Å². The van der Waals surface area contributed by atoms with Crippen LogP contribution in [0, 0.1) is 19.8 Å². The SMILES string of the molecule is Cc1cc(C)n(C[C@H](C)CN[C@H]2CCCC[C@@H]2S(C)(=O)=O)n1. The van der Waals surface area contributed by atoms with Crippen LogP contribution in [-0.2, 0) is 16.4 Å². The number of rotatable bonds is 6. The minimum Gasteiger partial charge on any atom is -0.312 e. The van der Waals surface area contributed by atoms with Gasteiger partial charge in [0.15, 0.2) is 9.84 Å². The summed E-state index contributed by atoms with van der Waals surface area (Å²) in [4.78, 5) is 0. The van der Waals surface area contributed by atoms with E-state index in [1.54, 1.807) is 0 Å². The summed E-state index contributed by atoms with van der Waals surface area (Å²) in [5.74, 6) is 0.417. The standard InChI is InChI=1S/C16H29N3O2S/c1-12(11-19-14(3)9-13(2)18-19)10-17-15-7-5-6-8-16(15)22(4,20)21/h9,12,15-17H,5-8,10-11H2,1-4H3/t12-,15+,16+/m1/s1. The van der Waals surface area contributed by atoms with Crippen molar-refractivity contribution in [3.63, 3.8) is 0 Å². The van der Waals surface area contributed by atoms with Gasteiger partial charge in [-0.15, -0.1) is 0 Å². The lowest BCUT2D eigenvalue weighted by atomic mass is 9.94. The smallest absolute Gasteiger partial charge is 0.151 e. The molecule has 0 aliphatic heterocycles. The molecule has 1 aliphatic carbocycles. The van der Waals surface area contributed by atoms with Gasteiger partial charge in [0.2, 0.25) is 0 Å². The highest BCUT2D eigenvalue weighted by Crippen LogP contribution is 2.24. The summed E-state index contributed by atoms with van der Waals surface area (Å²) < 4.78 is 25.9. The van der Waals surface area contributed by atoms with Crippen LogP contribution in [0.4, 0.5) is 0 Å². The molecule has 1 aromatic heterocycles. The number of nitrogens with one attached hydrogen (secondary N) is 1. The van der Waals surface area contributed by atoms with Crippen molar-refractivity contribution in [1.29, 1.82) is 0 Å². The topological polar surface area (TPSA) is 64.0 Å². The first-order valence-corrected chi connectivity index (χ1v) is 10.2. The molecule has 5 nitrogen and oxygen atoms in total. The van der Waals surface area contributed by atoms with Crippen LogP contribution in [0.2, 0.25) is 0 Å². The van der Waals surface area contributed by atoms with E-state index in [2.05, 4.69) is 30.3 Å². The second-order valence-corrected chi connectivity index (χ2v) is 9.15. The van der Waals surface area contributed by atoms with Crippen molar-refractivity contribution in [2.45, 2.75) is 64.3 Å². The van der Waals surface area contributed by atoms with E-state index in [-0.39, 0.29) is 11.3 Å². The predicted octanol–water partition coefficient (Wildman–Crippen LogP) is 2.08. The van der Waals surface area contributed by atoms with E-state index in [9.17, 15) is 8.42 Å². The van der Waals surface area contributed by atoms with Crippen molar-refractivity contribution in [3.8, 4) is 0 Å². The second-order valence-electron chi connectivity index (χ2n) is 6.88. The summed E-state index contributed by atoms with van der Waals surface area (Å²) in [5.41, 5.74) is 2.22. The summed E-state index contributed by atoms with van der Waals surface area (Å²) >= 11 is 0. The number of hydrogen-bond acceptors (Lipinski definition) is 4. The van der Waals surface area contributed by atoms with Crippen LogP contribution >= 0.6 is 0 Å². The van der Waals surface area contributed by atoms with Crippen molar-refractivity contribution in [2.24, 2.45) is 5.92 Å². The molecule has 6 heteroatoms. The molecular formula is C16H29N3O2S. The highest BCUT2D eigenvalue weighted by atomic mass is 32.2. The molecule has 0 unspecified atom stereocenters. The van der Waals surface area contributed by atoms with Gasteiger partial charge in [-0.1, -0.05) is 19.8 Å². The van der Waals surface area contributed by atoms with Gasteiger partial charge >= 0.3 is 0 Å². The molecule has 0 radical (unpaired) electrons. The molecule has 0 amide bonds. The highest BCUT2D eigenvalue weighted by Gasteiger charge is 2.32. The van der Waals surface area contributed by atoms with Gasteiger partial charge in [0.25, 0.3) is 0 Å². The molecule has 0 bridgehead atoms. The van der Waals surface area contributed by atoms with Gasteiger partial charge < -0.3 is 5.32 Å². The van der Waals surface area contributed by atoms with E-state index in [1.165, 1.54) is 11.9 Å². The summed E-state index contributed by atoms with van der Waals surface area (Å²) in [5, 5.41) is 7.78. The zero-order chi connectivity index (χ0) is 16.3. The van der Waals surface area contributed by atoms with Gasteiger partial charge in [0.1, 0.15) is 0 Å². The van der Waals surface area contributed by atoms with Gasteiger partial charge in [-0.2, -0.15) is 5.10 Å². The van der Waals surface area contributed by atoms with Crippen LogP contribution in [0.5, 0.6) is 0 Å². The van der Waals surface area contributed by atoms with Gasteiger partial charge in [0, 0.05) is 24.5 Å². The Balaban J connectivity index is 1.89. The molecule has 1 aromatic rings. The Bertz CT molecular complexity index is 595. The Labute approximate surface area is 134 Å². The number of sulfone groups is 1.